The summed E-state index contributed by atoms with van der Waals surface area (Å²) in [5, 5.41) is 19.7. The molecule has 0 spiro atoms. The van der Waals surface area contributed by atoms with Gasteiger partial charge in [-0.15, -0.1) is 0 Å². The van der Waals surface area contributed by atoms with Crippen molar-refractivity contribution in [3.63, 3.8) is 0 Å². The summed E-state index contributed by atoms with van der Waals surface area (Å²) in [6.07, 6.45) is 0.945. The van der Waals surface area contributed by atoms with Gasteiger partial charge in [0, 0.05) is 23.1 Å². The average molecular weight is 316 g/mol. The minimum atomic E-state index is -0.483. The van der Waals surface area contributed by atoms with E-state index >= 15 is 0 Å². The van der Waals surface area contributed by atoms with Gasteiger partial charge in [0.25, 0.3) is 5.91 Å². The second-order valence-corrected chi connectivity index (χ2v) is 6.77. The van der Waals surface area contributed by atoms with Crippen molar-refractivity contribution in [1.29, 1.82) is 0 Å². The molecule has 1 atom stereocenters. The first kappa shape index (κ1) is 17.1. The fourth-order valence-corrected chi connectivity index (χ4v) is 2.57. The maximum Gasteiger partial charge on any atom is 0.251 e. The highest BCUT2D eigenvalue weighted by atomic mass is 16.3. The Morgan fingerprint density at radius 3 is 2.74 bits per heavy atom. The molecule has 0 bridgehead atoms. The summed E-state index contributed by atoms with van der Waals surface area (Å²) in [5.41, 5.74) is 0.956. The van der Waals surface area contributed by atoms with E-state index in [0.29, 0.717) is 17.9 Å². The Labute approximate surface area is 136 Å². The molecule has 124 valence electrons. The van der Waals surface area contributed by atoms with Crippen molar-refractivity contribution >= 4 is 5.91 Å². The number of aromatic amines is 1. The first-order chi connectivity index (χ1) is 10.8. The largest absolute Gasteiger partial charge is 0.392 e. The molecule has 1 amide bonds. The van der Waals surface area contributed by atoms with E-state index in [1.165, 1.54) is 6.33 Å². The highest BCUT2D eigenvalue weighted by Gasteiger charge is 2.30. The molecule has 0 fully saturated rings. The molecular formula is C17H24N4O2. The lowest BCUT2D eigenvalue weighted by Gasteiger charge is -2.33. The van der Waals surface area contributed by atoms with E-state index in [-0.39, 0.29) is 11.8 Å². The Morgan fingerprint density at radius 1 is 1.39 bits per heavy atom. The number of carbonyl (C=O) groups is 1. The number of aliphatic hydroxyl groups is 1. The van der Waals surface area contributed by atoms with Gasteiger partial charge in [-0.3, -0.25) is 9.89 Å². The Balaban J connectivity index is 2.06. The molecule has 0 saturated carbocycles. The zero-order valence-corrected chi connectivity index (χ0v) is 14.0. The first-order valence-corrected chi connectivity index (χ1v) is 7.73. The van der Waals surface area contributed by atoms with E-state index in [1.54, 1.807) is 18.2 Å². The number of rotatable bonds is 6. The number of carbonyl (C=O) groups excluding carboxylic acids is 1. The number of nitrogens with zero attached hydrogens (tertiary/aromatic N) is 2. The number of hydrogen-bond donors (Lipinski definition) is 3. The van der Waals surface area contributed by atoms with Crippen LogP contribution in [0.15, 0.2) is 30.6 Å². The van der Waals surface area contributed by atoms with Crippen LogP contribution >= 0.6 is 0 Å². The molecule has 23 heavy (non-hydrogen) atoms. The Kier molecular flexibility index (Phi) is 5.15. The molecule has 1 unspecified atom stereocenters. The molecule has 3 N–H and O–H groups in total. The SMILES string of the molecule is CC(C)C(O)C(C)(C)CNC(=O)c1cccc(-c2ncn[nH]2)c1. The van der Waals surface area contributed by atoms with Gasteiger partial charge in [-0.1, -0.05) is 39.8 Å². The summed E-state index contributed by atoms with van der Waals surface area (Å²) in [6, 6.07) is 7.19. The molecule has 1 aromatic heterocycles. The minimum absolute atomic E-state index is 0.136. The summed E-state index contributed by atoms with van der Waals surface area (Å²) in [5.74, 6) is 0.585. The van der Waals surface area contributed by atoms with Gasteiger partial charge in [-0.05, 0) is 18.1 Å². The second kappa shape index (κ2) is 6.91. The molecule has 6 heteroatoms. The molecule has 0 radical (unpaired) electrons. The lowest BCUT2D eigenvalue weighted by Crippen LogP contribution is -2.43. The van der Waals surface area contributed by atoms with Gasteiger partial charge < -0.3 is 10.4 Å². The van der Waals surface area contributed by atoms with Gasteiger partial charge in [-0.2, -0.15) is 5.10 Å². The van der Waals surface area contributed by atoms with Gasteiger partial charge in [0.1, 0.15) is 6.33 Å². The zero-order chi connectivity index (χ0) is 17.0. The Hall–Kier alpha value is -2.21. The second-order valence-electron chi connectivity index (χ2n) is 6.77. The van der Waals surface area contributed by atoms with Crippen LogP contribution in [0.5, 0.6) is 0 Å². The van der Waals surface area contributed by atoms with Crippen molar-refractivity contribution in [2.24, 2.45) is 11.3 Å². The third kappa shape index (κ3) is 4.16. The number of nitrogens with one attached hydrogen (secondary N) is 2. The maximum absolute atomic E-state index is 12.4. The van der Waals surface area contributed by atoms with E-state index in [1.807, 2.05) is 33.8 Å². The number of amides is 1. The van der Waals surface area contributed by atoms with Crippen LogP contribution < -0.4 is 5.32 Å². The smallest absolute Gasteiger partial charge is 0.251 e. The summed E-state index contributed by atoms with van der Waals surface area (Å²) < 4.78 is 0. The number of H-pyrrole nitrogens is 1. The molecular weight excluding hydrogens is 292 g/mol. The molecule has 0 aliphatic carbocycles. The predicted octanol–water partition coefficient (Wildman–Crippen LogP) is 2.24. The van der Waals surface area contributed by atoms with Gasteiger partial charge >= 0.3 is 0 Å². The van der Waals surface area contributed by atoms with Gasteiger partial charge in [-0.25, -0.2) is 4.98 Å². The number of aliphatic hydroxyl groups excluding tert-OH is 1. The van der Waals surface area contributed by atoms with Crippen molar-refractivity contribution in [1.82, 2.24) is 20.5 Å². The van der Waals surface area contributed by atoms with Crippen LogP contribution in [0.2, 0.25) is 0 Å². The van der Waals surface area contributed by atoms with Crippen LogP contribution in [-0.4, -0.2) is 38.8 Å². The number of hydrogen-bond acceptors (Lipinski definition) is 4. The van der Waals surface area contributed by atoms with E-state index in [4.69, 9.17) is 0 Å². The zero-order valence-electron chi connectivity index (χ0n) is 14.0. The summed E-state index contributed by atoms with van der Waals surface area (Å²) in [4.78, 5) is 16.4. The molecule has 1 heterocycles. The van der Waals surface area contributed by atoms with E-state index < -0.39 is 11.5 Å². The Morgan fingerprint density at radius 2 is 2.13 bits per heavy atom. The third-order valence-corrected chi connectivity index (χ3v) is 3.95. The lowest BCUT2D eigenvalue weighted by molar-refractivity contribution is 0.0138. The third-order valence-electron chi connectivity index (χ3n) is 3.95. The highest BCUT2D eigenvalue weighted by molar-refractivity contribution is 5.95. The van der Waals surface area contributed by atoms with Crippen LogP contribution in [-0.2, 0) is 0 Å². The highest BCUT2D eigenvalue weighted by Crippen LogP contribution is 2.25. The van der Waals surface area contributed by atoms with Crippen molar-refractivity contribution < 1.29 is 9.90 Å². The number of aromatic nitrogens is 3. The molecule has 0 aliphatic heterocycles. The predicted molar refractivity (Wildman–Crippen MR) is 88.8 cm³/mol. The minimum Gasteiger partial charge on any atom is -0.392 e. The standard InChI is InChI=1S/C17H24N4O2/c1-11(2)14(22)17(3,4)9-18-16(23)13-7-5-6-12(8-13)15-19-10-20-21-15/h5-8,10-11,14,22H,9H2,1-4H3,(H,18,23)(H,19,20,21). The van der Waals surface area contributed by atoms with Crippen LogP contribution in [0.3, 0.4) is 0 Å². The fourth-order valence-electron chi connectivity index (χ4n) is 2.57. The van der Waals surface area contributed by atoms with Crippen molar-refractivity contribution in [2.45, 2.75) is 33.8 Å². The molecule has 0 saturated heterocycles. The van der Waals surface area contributed by atoms with Crippen LogP contribution in [0.1, 0.15) is 38.1 Å². The van der Waals surface area contributed by atoms with E-state index in [9.17, 15) is 9.90 Å². The molecule has 2 rings (SSSR count). The van der Waals surface area contributed by atoms with Crippen LogP contribution in [0, 0.1) is 11.3 Å². The van der Waals surface area contributed by atoms with Crippen molar-refractivity contribution in [3.8, 4) is 11.4 Å². The van der Waals surface area contributed by atoms with Gasteiger partial charge in [0.05, 0.1) is 6.10 Å². The Bertz CT molecular complexity index is 650. The fraction of sp³-hybridized carbons (Fsp3) is 0.471. The lowest BCUT2D eigenvalue weighted by atomic mass is 9.80. The quantitative estimate of drug-likeness (QED) is 0.762. The molecule has 0 aliphatic rings. The van der Waals surface area contributed by atoms with Crippen LogP contribution in [0.25, 0.3) is 11.4 Å². The van der Waals surface area contributed by atoms with E-state index in [2.05, 4.69) is 20.5 Å². The summed E-state index contributed by atoms with van der Waals surface area (Å²) in [7, 11) is 0. The summed E-state index contributed by atoms with van der Waals surface area (Å²) in [6.45, 7) is 8.23. The monoisotopic (exact) mass is 316 g/mol. The molecule has 1 aromatic carbocycles. The van der Waals surface area contributed by atoms with Crippen molar-refractivity contribution in [2.75, 3.05) is 6.54 Å². The van der Waals surface area contributed by atoms with Crippen LogP contribution in [0.4, 0.5) is 0 Å². The molecule has 6 nitrogen and oxygen atoms in total. The first-order valence-electron chi connectivity index (χ1n) is 7.73. The number of benzene rings is 1. The van der Waals surface area contributed by atoms with Crippen molar-refractivity contribution in [3.05, 3.63) is 36.2 Å². The van der Waals surface area contributed by atoms with Gasteiger partial charge in [0.2, 0.25) is 0 Å². The topological polar surface area (TPSA) is 90.9 Å². The summed E-state index contributed by atoms with van der Waals surface area (Å²) >= 11 is 0. The molecule has 2 aromatic rings. The van der Waals surface area contributed by atoms with E-state index in [0.717, 1.165) is 5.56 Å². The normalized spacial score (nSPS) is 13.1. The van der Waals surface area contributed by atoms with Gasteiger partial charge in [0.15, 0.2) is 5.82 Å². The maximum atomic E-state index is 12.4. The average Bonchev–Trinajstić information content (AvgIpc) is 3.06.